The lowest BCUT2D eigenvalue weighted by Crippen LogP contribution is -2.21. The van der Waals surface area contributed by atoms with E-state index in [4.69, 9.17) is 0 Å². The lowest BCUT2D eigenvalue weighted by Gasteiger charge is -2.21. The van der Waals surface area contributed by atoms with E-state index < -0.39 is 0 Å². The Bertz CT molecular complexity index is 631. The molecule has 2 aromatic carbocycles. The number of amides is 1. The summed E-state index contributed by atoms with van der Waals surface area (Å²) < 4.78 is 0. The highest BCUT2D eigenvalue weighted by atomic mass is 16.1. The molecule has 4 nitrogen and oxygen atoms in total. The molecule has 0 radical (unpaired) electrons. The van der Waals surface area contributed by atoms with E-state index in [0.717, 1.165) is 24.5 Å². The smallest absolute Gasteiger partial charge is 0.226 e. The van der Waals surface area contributed by atoms with Gasteiger partial charge in [-0.3, -0.25) is 4.79 Å². The largest absolute Gasteiger partial charge is 0.385 e. The van der Waals surface area contributed by atoms with Gasteiger partial charge in [-0.25, -0.2) is 0 Å². The Kier molecular flexibility index (Phi) is 6.67. The lowest BCUT2D eigenvalue weighted by molar-refractivity contribution is -0.115. The minimum atomic E-state index is 0.0187. The number of rotatable bonds is 8. The van der Waals surface area contributed by atoms with Crippen LogP contribution in [0.25, 0.3) is 0 Å². The number of aryl methyl sites for hydroxylation is 1. The fraction of sp³-hybridized carbons (Fsp3) is 0.350. The summed E-state index contributed by atoms with van der Waals surface area (Å²) in [4.78, 5) is 14.3. The number of carbonyl (C=O) groups excluding carboxylic acids is 1. The van der Waals surface area contributed by atoms with Crippen LogP contribution >= 0.6 is 0 Å². The number of nitrogens with one attached hydrogen (secondary N) is 2. The zero-order valence-corrected chi connectivity index (χ0v) is 14.8. The van der Waals surface area contributed by atoms with Crippen LogP contribution in [0.15, 0.2) is 48.5 Å². The molecule has 0 spiro atoms. The summed E-state index contributed by atoms with van der Waals surface area (Å²) in [6.07, 6.45) is 0.436. The van der Waals surface area contributed by atoms with Gasteiger partial charge in [-0.1, -0.05) is 17.7 Å². The summed E-state index contributed by atoms with van der Waals surface area (Å²) in [7, 11) is 0. The SMILES string of the molecule is CCN(CC)c1ccc(NC(=O)CCNc2ccc(C)cc2)cc1. The van der Waals surface area contributed by atoms with Crippen molar-refractivity contribution < 1.29 is 4.79 Å². The Labute approximate surface area is 144 Å². The Morgan fingerprint density at radius 2 is 1.50 bits per heavy atom. The average Bonchev–Trinajstić information content (AvgIpc) is 2.59. The van der Waals surface area contributed by atoms with Crippen molar-refractivity contribution in [2.24, 2.45) is 0 Å². The van der Waals surface area contributed by atoms with Gasteiger partial charge in [0.1, 0.15) is 0 Å². The summed E-state index contributed by atoms with van der Waals surface area (Å²) >= 11 is 0. The van der Waals surface area contributed by atoms with Gasteiger partial charge in [0.15, 0.2) is 0 Å². The van der Waals surface area contributed by atoms with Crippen LogP contribution in [0.3, 0.4) is 0 Å². The second-order valence-corrected chi connectivity index (χ2v) is 5.81. The first-order valence-electron chi connectivity index (χ1n) is 8.57. The number of carbonyl (C=O) groups is 1. The van der Waals surface area contributed by atoms with Gasteiger partial charge in [-0.2, -0.15) is 0 Å². The molecular formula is C20H27N3O. The summed E-state index contributed by atoms with van der Waals surface area (Å²) in [5, 5.41) is 6.20. The molecular weight excluding hydrogens is 298 g/mol. The molecule has 0 aliphatic carbocycles. The van der Waals surface area contributed by atoms with Crippen LogP contribution in [0.2, 0.25) is 0 Å². The molecule has 2 aromatic rings. The Balaban J connectivity index is 1.78. The maximum atomic E-state index is 12.0. The second-order valence-electron chi connectivity index (χ2n) is 5.81. The second kappa shape index (κ2) is 8.96. The quantitative estimate of drug-likeness (QED) is 0.761. The van der Waals surface area contributed by atoms with Crippen molar-refractivity contribution >= 4 is 23.0 Å². The molecule has 0 saturated carbocycles. The number of anilines is 3. The molecule has 0 unspecified atom stereocenters. The highest BCUT2D eigenvalue weighted by Crippen LogP contribution is 2.17. The van der Waals surface area contributed by atoms with Crippen LogP contribution in [0, 0.1) is 6.92 Å². The van der Waals surface area contributed by atoms with Gasteiger partial charge >= 0.3 is 0 Å². The average molecular weight is 325 g/mol. The molecule has 4 heteroatoms. The monoisotopic (exact) mass is 325 g/mol. The van der Waals surface area contributed by atoms with E-state index in [1.54, 1.807) is 0 Å². The van der Waals surface area contributed by atoms with E-state index >= 15 is 0 Å². The van der Waals surface area contributed by atoms with Crippen LogP contribution in [0.4, 0.5) is 17.1 Å². The van der Waals surface area contributed by atoms with Gasteiger partial charge < -0.3 is 15.5 Å². The van der Waals surface area contributed by atoms with E-state index in [1.807, 2.05) is 36.4 Å². The molecule has 1 amide bonds. The number of benzene rings is 2. The van der Waals surface area contributed by atoms with Crippen LogP contribution in [-0.2, 0) is 4.79 Å². The van der Waals surface area contributed by atoms with E-state index in [1.165, 1.54) is 11.3 Å². The summed E-state index contributed by atoms with van der Waals surface area (Å²) in [5.74, 6) is 0.0187. The molecule has 0 saturated heterocycles. The number of nitrogens with zero attached hydrogens (tertiary/aromatic N) is 1. The first-order chi connectivity index (χ1) is 11.6. The van der Waals surface area contributed by atoms with Gasteiger partial charge in [0.05, 0.1) is 0 Å². The van der Waals surface area contributed by atoms with Crippen molar-refractivity contribution in [2.45, 2.75) is 27.2 Å². The van der Waals surface area contributed by atoms with Crippen LogP contribution in [0.5, 0.6) is 0 Å². The first-order valence-corrected chi connectivity index (χ1v) is 8.57. The molecule has 0 aromatic heterocycles. The van der Waals surface area contributed by atoms with Gasteiger partial charge in [0.2, 0.25) is 5.91 Å². The third-order valence-electron chi connectivity index (χ3n) is 4.01. The van der Waals surface area contributed by atoms with Crippen molar-refractivity contribution in [1.82, 2.24) is 0 Å². The topological polar surface area (TPSA) is 44.4 Å². The van der Waals surface area contributed by atoms with E-state index in [9.17, 15) is 4.79 Å². The fourth-order valence-electron chi connectivity index (χ4n) is 2.56. The summed E-state index contributed by atoms with van der Waals surface area (Å²) in [5.41, 5.74) is 4.29. The summed E-state index contributed by atoms with van der Waals surface area (Å²) in [6, 6.07) is 16.2. The normalized spacial score (nSPS) is 10.3. The third-order valence-corrected chi connectivity index (χ3v) is 4.01. The van der Waals surface area contributed by atoms with Crippen LogP contribution in [0.1, 0.15) is 25.8 Å². The summed E-state index contributed by atoms with van der Waals surface area (Å²) in [6.45, 7) is 8.91. The molecule has 0 aliphatic heterocycles. The molecule has 2 rings (SSSR count). The third kappa shape index (κ3) is 5.30. The fourth-order valence-corrected chi connectivity index (χ4v) is 2.56. The lowest BCUT2D eigenvalue weighted by atomic mass is 10.2. The molecule has 0 atom stereocenters. The molecule has 0 fully saturated rings. The van der Waals surface area contributed by atoms with Gasteiger partial charge in [0.25, 0.3) is 0 Å². The molecule has 0 aliphatic rings. The van der Waals surface area contributed by atoms with E-state index in [-0.39, 0.29) is 5.91 Å². The highest BCUT2D eigenvalue weighted by molar-refractivity contribution is 5.91. The Hall–Kier alpha value is -2.49. The molecule has 2 N–H and O–H groups in total. The highest BCUT2D eigenvalue weighted by Gasteiger charge is 2.04. The van der Waals surface area contributed by atoms with Crippen molar-refractivity contribution in [3.05, 3.63) is 54.1 Å². The zero-order valence-electron chi connectivity index (χ0n) is 14.8. The molecule has 0 bridgehead atoms. The van der Waals surface area contributed by atoms with E-state index in [2.05, 4.69) is 48.4 Å². The number of hydrogen-bond acceptors (Lipinski definition) is 3. The predicted molar refractivity (Wildman–Crippen MR) is 103 cm³/mol. The maximum Gasteiger partial charge on any atom is 0.226 e. The maximum absolute atomic E-state index is 12.0. The van der Waals surface area contributed by atoms with Crippen LogP contribution < -0.4 is 15.5 Å². The van der Waals surface area contributed by atoms with Crippen molar-refractivity contribution in [3.8, 4) is 0 Å². The minimum absolute atomic E-state index is 0.0187. The van der Waals surface area contributed by atoms with Crippen molar-refractivity contribution in [1.29, 1.82) is 0 Å². The Morgan fingerprint density at radius 1 is 0.917 bits per heavy atom. The zero-order chi connectivity index (χ0) is 17.4. The van der Waals surface area contributed by atoms with Crippen molar-refractivity contribution in [3.63, 3.8) is 0 Å². The van der Waals surface area contributed by atoms with Gasteiger partial charge in [-0.15, -0.1) is 0 Å². The molecule has 0 heterocycles. The van der Waals surface area contributed by atoms with Gasteiger partial charge in [0, 0.05) is 43.1 Å². The predicted octanol–water partition coefficient (Wildman–Crippen LogP) is 4.28. The molecule has 128 valence electrons. The first kappa shape index (κ1) is 17.9. The number of hydrogen-bond donors (Lipinski definition) is 2. The van der Waals surface area contributed by atoms with Crippen molar-refractivity contribution in [2.75, 3.05) is 35.2 Å². The molecule has 24 heavy (non-hydrogen) atoms. The van der Waals surface area contributed by atoms with E-state index in [0.29, 0.717) is 13.0 Å². The Morgan fingerprint density at radius 3 is 2.08 bits per heavy atom. The van der Waals surface area contributed by atoms with Gasteiger partial charge in [-0.05, 0) is 57.2 Å². The van der Waals surface area contributed by atoms with Crippen LogP contribution in [-0.4, -0.2) is 25.5 Å². The minimum Gasteiger partial charge on any atom is -0.385 e. The standard InChI is InChI=1S/C20H27N3O/c1-4-23(5-2)19-12-10-18(11-13-19)22-20(24)14-15-21-17-8-6-16(3)7-9-17/h6-13,21H,4-5,14-15H2,1-3H3,(H,22,24).